The summed E-state index contributed by atoms with van der Waals surface area (Å²) in [5.41, 5.74) is 2.74. The molecule has 1 amide bonds. The van der Waals surface area contributed by atoms with Crippen LogP contribution in [-0.4, -0.2) is 18.0 Å². The third kappa shape index (κ3) is 5.07. The zero-order valence-corrected chi connectivity index (χ0v) is 15.5. The number of carbonyl (C=O) groups is 1. The Labute approximate surface area is 159 Å². The third-order valence-corrected chi connectivity index (χ3v) is 4.30. The molecule has 3 rings (SSSR count). The van der Waals surface area contributed by atoms with Gasteiger partial charge in [-0.05, 0) is 42.3 Å². The molecule has 27 heavy (non-hydrogen) atoms. The van der Waals surface area contributed by atoms with Crippen molar-refractivity contribution in [2.24, 2.45) is 0 Å². The molecule has 0 spiro atoms. The minimum absolute atomic E-state index is 0.0671. The number of amides is 1. The lowest BCUT2D eigenvalue weighted by molar-refractivity contribution is 0.0940. The van der Waals surface area contributed by atoms with Gasteiger partial charge in [0.15, 0.2) is 0 Å². The van der Waals surface area contributed by atoms with Crippen LogP contribution in [0.4, 0.5) is 5.82 Å². The summed E-state index contributed by atoms with van der Waals surface area (Å²) in [7, 11) is 1.65. The fraction of sp³-hybridized carbons (Fsp3) is 0.182. The molecule has 5 nitrogen and oxygen atoms in total. The summed E-state index contributed by atoms with van der Waals surface area (Å²) >= 11 is 0. The van der Waals surface area contributed by atoms with Crippen LogP contribution in [0, 0.1) is 0 Å². The van der Waals surface area contributed by atoms with Crippen LogP contribution in [0.1, 0.15) is 34.5 Å². The largest absolute Gasteiger partial charge is 0.497 e. The van der Waals surface area contributed by atoms with Crippen LogP contribution in [-0.2, 0) is 6.54 Å². The fourth-order valence-corrected chi connectivity index (χ4v) is 2.71. The zero-order chi connectivity index (χ0) is 19.1. The summed E-state index contributed by atoms with van der Waals surface area (Å²) in [5.74, 6) is 1.36. The van der Waals surface area contributed by atoms with Crippen molar-refractivity contribution >= 4 is 11.7 Å². The summed E-state index contributed by atoms with van der Waals surface area (Å²) < 4.78 is 5.16. The molecule has 0 aliphatic rings. The monoisotopic (exact) mass is 361 g/mol. The van der Waals surface area contributed by atoms with E-state index in [0.29, 0.717) is 17.9 Å². The smallest absolute Gasteiger partial charge is 0.251 e. The number of hydrogen-bond donors (Lipinski definition) is 2. The molecule has 0 aliphatic heterocycles. The Morgan fingerprint density at radius 2 is 1.81 bits per heavy atom. The van der Waals surface area contributed by atoms with Gasteiger partial charge in [0.1, 0.15) is 11.6 Å². The molecule has 2 aromatic carbocycles. The molecule has 1 aromatic heterocycles. The van der Waals surface area contributed by atoms with Crippen molar-refractivity contribution in [2.75, 3.05) is 12.4 Å². The van der Waals surface area contributed by atoms with Crippen molar-refractivity contribution in [2.45, 2.75) is 19.5 Å². The number of anilines is 1. The number of methoxy groups -OCH3 is 1. The Balaban J connectivity index is 1.61. The zero-order valence-electron chi connectivity index (χ0n) is 15.5. The van der Waals surface area contributed by atoms with Crippen molar-refractivity contribution in [1.82, 2.24) is 10.3 Å². The van der Waals surface area contributed by atoms with E-state index in [1.54, 1.807) is 25.4 Å². The molecule has 1 unspecified atom stereocenters. The summed E-state index contributed by atoms with van der Waals surface area (Å²) in [4.78, 5) is 16.8. The predicted molar refractivity (Wildman–Crippen MR) is 107 cm³/mol. The summed E-state index contributed by atoms with van der Waals surface area (Å²) in [5, 5.41) is 6.26. The average Bonchev–Trinajstić information content (AvgIpc) is 2.73. The molecule has 0 fully saturated rings. The number of hydrogen-bond acceptors (Lipinski definition) is 4. The van der Waals surface area contributed by atoms with Gasteiger partial charge in [-0.1, -0.05) is 42.5 Å². The standard InChI is InChI=1S/C22H23N3O2/c1-16(18-6-4-3-5-7-18)25-22(26)19-12-13-23-21(14-19)24-15-17-8-10-20(27-2)11-9-17/h3-14,16H,15H2,1-2H3,(H,23,24)(H,25,26). The second-order valence-corrected chi connectivity index (χ2v) is 6.24. The molecule has 0 radical (unpaired) electrons. The molecule has 0 saturated heterocycles. The molecule has 138 valence electrons. The molecule has 1 atom stereocenters. The van der Waals surface area contributed by atoms with Gasteiger partial charge in [0.2, 0.25) is 0 Å². The Morgan fingerprint density at radius 3 is 2.52 bits per heavy atom. The SMILES string of the molecule is COc1ccc(CNc2cc(C(=O)NC(C)c3ccccc3)ccn2)cc1. The van der Waals surface area contributed by atoms with Gasteiger partial charge in [-0.25, -0.2) is 4.98 Å². The minimum Gasteiger partial charge on any atom is -0.497 e. The maximum absolute atomic E-state index is 12.5. The average molecular weight is 361 g/mol. The number of carbonyl (C=O) groups excluding carboxylic acids is 1. The molecule has 2 N–H and O–H groups in total. The molecule has 5 heteroatoms. The number of rotatable bonds is 7. The van der Waals surface area contributed by atoms with Gasteiger partial charge in [0.05, 0.1) is 13.2 Å². The van der Waals surface area contributed by atoms with Gasteiger partial charge in [0, 0.05) is 18.3 Å². The van der Waals surface area contributed by atoms with Gasteiger partial charge in [-0.3, -0.25) is 4.79 Å². The highest BCUT2D eigenvalue weighted by atomic mass is 16.5. The Hall–Kier alpha value is -3.34. The first kappa shape index (κ1) is 18.5. The van der Waals surface area contributed by atoms with Gasteiger partial charge >= 0.3 is 0 Å². The van der Waals surface area contributed by atoms with Crippen LogP contribution in [0.3, 0.4) is 0 Å². The van der Waals surface area contributed by atoms with Crippen LogP contribution in [0.25, 0.3) is 0 Å². The second kappa shape index (κ2) is 8.85. The first-order valence-electron chi connectivity index (χ1n) is 8.84. The maximum Gasteiger partial charge on any atom is 0.251 e. The number of nitrogens with one attached hydrogen (secondary N) is 2. The quantitative estimate of drug-likeness (QED) is 0.662. The van der Waals surface area contributed by atoms with Crippen molar-refractivity contribution in [3.63, 3.8) is 0 Å². The minimum atomic E-state index is -0.124. The van der Waals surface area contributed by atoms with Crippen molar-refractivity contribution < 1.29 is 9.53 Å². The van der Waals surface area contributed by atoms with Crippen molar-refractivity contribution in [3.8, 4) is 5.75 Å². The first-order chi connectivity index (χ1) is 13.2. The van der Waals surface area contributed by atoms with E-state index in [9.17, 15) is 4.79 Å². The number of nitrogens with zero attached hydrogens (tertiary/aromatic N) is 1. The molecule has 0 saturated carbocycles. The highest BCUT2D eigenvalue weighted by molar-refractivity contribution is 5.95. The van der Waals surface area contributed by atoms with E-state index in [4.69, 9.17) is 4.74 Å². The van der Waals surface area contributed by atoms with E-state index in [-0.39, 0.29) is 11.9 Å². The number of benzene rings is 2. The number of aromatic nitrogens is 1. The second-order valence-electron chi connectivity index (χ2n) is 6.24. The van der Waals surface area contributed by atoms with E-state index in [1.807, 2.05) is 61.5 Å². The van der Waals surface area contributed by atoms with Crippen LogP contribution < -0.4 is 15.4 Å². The molecule has 1 heterocycles. The fourth-order valence-electron chi connectivity index (χ4n) is 2.71. The van der Waals surface area contributed by atoms with E-state index in [0.717, 1.165) is 16.9 Å². The highest BCUT2D eigenvalue weighted by Gasteiger charge is 2.12. The van der Waals surface area contributed by atoms with Crippen LogP contribution in [0.15, 0.2) is 72.9 Å². The number of ether oxygens (including phenoxy) is 1. The lowest BCUT2D eigenvalue weighted by atomic mass is 10.1. The molecular formula is C22H23N3O2. The van der Waals surface area contributed by atoms with Crippen LogP contribution >= 0.6 is 0 Å². The molecule has 0 bridgehead atoms. The van der Waals surface area contributed by atoms with E-state index in [2.05, 4.69) is 15.6 Å². The number of pyridine rings is 1. The maximum atomic E-state index is 12.5. The van der Waals surface area contributed by atoms with E-state index < -0.39 is 0 Å². The third-order valence-electron chi connectivity index (χ3n) is 4.30. The van der Waals surface area contributed by atoms with E-state index in [1.165, 1.54) is 0 Å². The Kier molecular flexibility index (Phi) is 6.05. The van der Waals surface area contributed by atoms with Gasteiger partial charge in [0.25, 0.3) is 5.91 Å². The van der Waals surface area contributed by atoms with Gasteiger partial charge in [-0.2, -0.15) is 0 Å². The molecular weight excluding hydrogens is 338 g/mol. The summed E-state index contributed by atoms with van der Waals surface area (Å²) in [6, 6.07) is 21.1. The first-order valence-corrected chi connectivity index (χ1v) is 8.84. The Morgan fingerprint density at radius 1 is 1.07 bits per heavy atom. The highest BCUT2D eigenvalue weighted by Crippen LogP contribution is 2.15. The normalized spacial score (nSPS) is 11.5. The lowest BCUT2D eigenvalue weighted by Gasteiger charge is -2.14. The van der Waals surface area contributed by atoms with Crippen LogP contribution in [0.2, 0.25) is 0 Å². The molecule has 3 aromatic rings. The van der Waals surface area contributed by atoms with Crippen LogP contribution in [0.5, 0.6) is 5.75 Å². The van der Waals surface area contributed by atoms with Crippen molar-refractivity contribution in [3.05, 3.63) is 89.6 Å². The lowest BCUT2D eigenvalue weighted by Crippen LogP contribution is -2.26. The van der Waals surface area contributed by atoms with Gasteiger partial charge < -0.3 is 15.4 Å². The summed E-state index contributed by atoms with van der Waals surface area (Å²) in [6.07, 6.45) is 1.64. The Bertz CT molecular complexity index is 880. The van der Waals surface area contributed by atoms with Gasteiger partial charge in [-0.15, -0.1) is 0 Å². The van der Waals surface area contributed by atoms with Crippen molar-refractivity contribution in [1.29, 1.82) is 0 Å². The topological polar surface area (TPSA) is 63.2 Å². The summed E-state index contributed by atoms with van der Waals surface area (Å²) in [6.45, 7) is 2.58. The van der Waals surface area contributed by atoms with E-state index >= 15 is 0 Å². The molecule has 0 aliphatic carbocycles. The predicted octanol–water partition coefficient (Wildman–Crippen LogP) is 4.19.